The Morgan fingerprint density at radius 2 is 1.83 bits per heavy atom. The van der Waals surface area contributed by atoms with Gasteiger partial charge in [0.25, 0.3) is 0 Å². The molecule has 1 aromatic rings. The Morgan fingerprint density at radius 3 is 2.44 bits per heavy atom. The van der Waals surface area contributed by atoms with Crippen LogP contribution in [-0.2, 0) is 34.8 Å². The lowest BCUT2D eigenvalue weighted by Crippen LogP contribution is -2.65. The molecule has 1 aliphatic heterocycles. The van der Waals surface area contributed by atoms with Crippen LogP contribution in [0.1, 0.15) is 72.8 Å². The summed E-state index contributed by atoms with van der Waals surface area (Å²) in [6.45, 7) is 20.0. The number of ketones is 1. The highest BCUT2D eigenvalue weighted by atomic mass is 28.4. The van der Waals surface area contributed by atoms with Crippen molar-refractivity contribution >= 4 is 14.1 Å². The van der Waals surface area contributed by atoms with E-state index in [0.717, 1.165) is 24.8 Å². The number of ether oxygens (including phenoxy) is 4. The maximum atomic E-state index is 13.8. The minimum atomic E-state index is -1.89. The van der Waals surface area contributed by atoms with Crippen molar-refractivity contribution in [3.8, 4) is 0 Å². The number of Topliss-reactive ketones (excluding diaryl/α,β-unsaturated/α-hetero) is 1. The standard InChI is InChI=1S/C34H54O6Si/c1-24-19-29(35)31(38-23-36-7)27-16-15-26(33(27,5)6)20-28(24)34(39-21-25-13-11-10-12-14-25)22-37-30(34)17-18-40-41(8,9)32(2,3)4/h10-14,20,24,27-28,30-31H,15-19,21-23H2,1-9H3/b26-20+/t24-,27+,28-,30+,31+,34+/m0/s1. The molecule has 0 aromatic heterocycles. The first-order valence-corrected chi connectivity index (χ1v) is 18.4. The molecule has 2 aliphatic carbocycles. The van der Waals surface area contributed by atoms with Crippen molar-refractivity contribution in [2.75, 3.05) is 27.1 Å². The summed E-state index contributed by atoms with van der Waals surface area (Å²) in [5.41, 5.74) is 1.87. The molecule has 0 spiro atoms. The highest BCUT2D eigenvalue weighted by Gasteiger charge is 2.58. The molecule has 6 nitrogen and oxygen atoms in total. The van der Waals surface area contributed by atoms with E-state index in [1.165, 1.54) is 5.57 Å². The molecular weight excluding hydrogens is 532 g/mol. The van der Waals surface area contributed by atoms with E-state index in [1.54, 1.807) is 7.11 Å². The average molecular weight is 587 g/mol. The van der Waals surface area contributed by atoms with E-state index < -0.39 is 20.0 Å². The Balaban J connectivity index is 1.66. The summed E-state index contributed by atoms with van der Waals surface area (Å²) in [6, 6.07) is 10.4. The lowest BCUT2D eigenvalue weighted by Gasteiger charge is -2.54. The molecule has 1 saturated heterocycles. The van der Waals surface area contributed by atoms with E-state index in [9.17, 15) is 4.79 Å². The van der Waals surface area contributed by atoms with Gasteiger partial charge in [0.15, 0.2) is 14.1 Å². The number of methoxy groups -OCH3 is 1. The van der Waals surface area contributed by atoms with Crippen molar-refractivity contribution in [1.82, 2.24) is 0 Å². The molecule has 1 saturated carbocycles. The molecule has 2 bridgehead atoms. The van der Waals surface area contributed by atoms with Gasteiger partial charge in [-0.25, -0.2) is 0 Å². The summed E-state index contributed by atoms with van der Waals surface area (Å²) in [4.78, 5) is 13.8. The Kier molecular flexibility index (Phi) is 10.1. The number of benzene rings is 1. The maximum Gasteiger partial charge on any atom is 0.191 e. The fraction of sp³-hybridized carbons (Fsp3) is 0.735. The van der Waals surface area contributed by atoms with Crippen molar-refractivity contribution in [2.45, 2.75) is 110 Å². The van der Waals surface area contributed by atoms with Crippen LogP contribution in [-0.4, -0.2) is 59.0 Å². The van der Waals surface area contributed by atoms with E-state index in [-0.39, 0.29) is 46.9 Å². The molecule has 7 heteroatoms. The largest absolute Gasteiger partial charge is 0.417 e. The number of hydrogen-bond acceptors (Lipinski definition) is 6. The van der Waals surface area contributed by atoms with Crippen molar-refractivity contribution in [1.29, 1.82) is 0 Å². The van der Waals surface area contributed by atoms with Crippen LogP contribution in [0.25, 0.3) is 0 Å². The summed E-state index contributed by atoms with van der Waals surface area (Å²) < 4.78 is 31.2. The van der Waals surface area contributed by atoms with Gasteiger partial charge in [-0.15, -0.1) is 0 Å². The molecule has 41 heavy (non-hydrogen) atoms. The first-order chi connectivity index (χ1) is 19.2. The molecule has 0 unspecified atom stereocenters. The first-order valence-electron chi connectivity index (χ1n) is 15.5. The van der Waals surface area contributed by atoms with Gasteiger partial charge in [0, 0.05) is 32.0 Å². The second-order valence-electron chi connectivity index (χ2n) is 14.7. The van der Waals surface area contributed by atoms with Gasteiger partial charge in [0.2, 0.25) is 0 Å². The van der Waals surface area contributed by atoms with Gasteiger partial charge in [-0.3, -0.25) is 4.79 Å². The fourth-order valence-electron chi connectivity index (χ4n) is 6.86. The molecule has 0 amide bonds. The zero-order valence-electron chi connectivity index (χ0n) is 27.0. The Hall–Kier alpha value is -1.35. The lowest BCUT2D eigenvalue weighted by atomic mass is 9.69. The first kappa shape index (κ1) is 32.6. The van der Waals surface area contributed by atoms with Gasteiger partial charge in [-0.1, -0.05) is 83.5 Å². The van der Waals surface area contributed by atoms with Crippen LogP contribution >= 0.6 is 0 Å². The van der Waals surface area contributed by atoms with Gasteiger partial charge in [0.1, 0.15) is 18.5 Å². The van der Waals surface area contributed by atoms with Gasteiger partial charge in [0.05, 0.1) is 19.3 Å². The quantitative estimate of drug-likeness (QED) is 0.154. The fourth-order valence-corrected chi connectivity index (χ4v) is 7.92. The van der Waals surface area contributed by atoms with Gasteiger partial charge < -0.3 is 23.4 Å². The lowest BCUT2D eigenvalue weighted by molar-refractivity contribution is -0.291. The highest BCUT2D eigenvalue weighted by Crippen LogP contribution is 2.54. The number of carbonyl (C=O) groups excluding carboxylic acids is 1. The van der Waals surface area contributed by atoms with Crippen LogP contribution in [0.3, 0.4) is 0 Å². The number of rotatable bonds is 11. The maximum absolute atomic E-state index is 13.8. The SMILES string of the molecule is COCO[C@H]1C(=O)C[C@H](C)[C@@H]([C@]2(OCc3ccccc3)CO[C@@H]2CCO[Si](C)(C)C(C)(C)C)/C=C2\CC[C@H]1C2(C)C. The van der Waals surface area contributed by atoms with E-state index in [0.29, 0.717) is 26.2 Å². The van der Waals surface area contributed by atoms with Crippen LogP contribution in [0.2, 0.25) is 18.1 Å². The average Bonchev–Trinajstić information content (AvgIpc) is 3.19. The summed E-state index contributed by atoms with van der Waals surface area (Å²) in [5, 5.41) is 0.150. The highest BCUT2D eigenvalue weighted by molar-refractivity contribution is 6.74. The molecule has 0 N–H and O–H groups in total. The van der Waals surface area contributed by atoms with Crippen LogP contribution in [0, 0.1) is 23.2 Å². The molecule has 4 rings (SSSR count). The van der Waals surface area contributed by atoms with Crippen molar-refractivity contribution in [3.05, 3.63) is 47.5 Å². The number of carbonyl (C=O) groups is 1. The topological polar surface area (TPSA) is 63.2 Å². The normalized spacial score (nSPS) is 33.3. The predicted molar refractivity (Wildman–Crippen MR) is 165 cm³/mol. The smallest absolute Gasteiger partial charge is 0.191 e. The third-order valence-electron chi connectivity index (χ3n) is 10.7. The van der Waals surface area contributed by atoms with E-state index in [1.807, 2.05) is 6.07 Å². The molecule has 2 fully saturated rings. The predicted octanol–water partition coefficient (Wildman–Crippen LogP) is 7.33. The van der Waals surface area contributed by atoms with Gasteiger partial charge in [-0.2, -0.15) is 0 Å². The summed E-state index contributed by atoms with van der Waals surface area (Å²) in [5.74, 6) is 0.415. The molecular formula is C34H54O6Si. The van der Waals surface area contributed by atoms with Crippen LogP contribution in [0.5, 0.6) is 0 Å². The van der Waals surface area contributed by atoms with Gasteiger partial charge >= 0.3 is 0 Å². The Bertz CT molecular complexity index is 1060. The van der Waals surface area contributed by atoms with Crippen LogP contribution in [0.4, 0.5) is 0 Å². The van der Waals surface area contributed by atoms with Gasteiger partial charge in [-0.05, 0) is 54.3 Å². The second kappa shape index (κ2) is 12.7. The van der Waals surface area contributed by atoms with Crippen molar-refractivity contribution in [2.24, 2.45) is 23.2 Å². The zero-order valence-corrected chi connectivity index (χ0v) is 28.0. The molecule has 3 aliphatic rings. The van der Waals surface area contributed by atoms with E-state index in [4.69, 9.17) is 23.4 Å². The van der Waals surface area contributed by atoms with Crippen molar-refractivity contribution < 1.29 is 28.2 Å². The van der Waals surface area contributed by atoms with Crippen molar-refractivity contribution in [3.63, 3.8) is 0 Å². The number of allylic oxidation sites excluding steroid dienone is 1. The number of hydrogen-bond donors (Lipinski definition) is 0. The summed E-state index contributed by atoms with van der Waals surface area (Å²) in [6.07, 6.45) is 5.05. The van der Waals surface area contributed by atoms with E-state index >= 15 is 0 Å². The minimum Gasteiger partial charge on any atom is -0.417 e. The molecule has 230 valence electrons. The summed E-state index contributed by atoms with van der Waals surface area (Å²) in [7, 11) is -0.274. The van der Waals surface area contributed by atoms with E-state index in [2.05, 4.69) is 85.0 Å². The molecule has 0 radical (unpaired) electrons. The monoisotopic (exact) mass is 586 g/mol. The van der Waals surface area contributed by atoms with Crippen LogP contribution < -0.4 is 0 Å². The number of fused-ring (bicyclic) bond motifs is 2. The zero-order chi connectivity index (χ0) is 30.1. The summed E-state index contributed by atoms with van der Waals surface area (Å²) >= 11 is 0. The van der Waals surface area contributed by atoms with Crippen LogP contribution in [0.15, 0.2) is 42.0 Å². The Morgan fingerprint density at radius 1 is 1.12 bits per heavy atom. The minimum absolute atomic E-state index is 0.0379. The Labute approximate surface area is 249 Å². The molecule has 1 heterocycles. The molecule has 6 atom stereocenters. The second-order valence-corrected chi connectivity index (χ2v) is 19.5. The third-order valence-corrected chi connectivity index (χ3v) is 15.2. The molecule has 1 aromatic carbocycles. The third kappa shape index (κ3) is 6.76.